The van der Waals surface area contributed by atoms with E-state index < -0.39 is 0 Å². The zero-order valence-electron chi connectivity index (χ0n) is 11.4. The summed E-state index contributed by atoms with van der Waals surface area (Å²) in [7, 11) is 0. The minimum absolute atomic E-state index is 0.298. The summed E-state index contributed by atoms with van der Waals surface area (Å²) in [6, 6.07) is 8.31. The molecule has 0 aliphatic heterocycles. The second-order valence-corrected chi connectivity index (χ2v) is 5.02. The molecule has 96 valence electrons. The standard InChI is InChI=1S/C15H21N3/c1-4-16-14(9-11(2)3)15-10-17-12-7-5-6-8-13(12)18-15/h5-8,10-11,14,16H,4,9H2,1-3H3. The Kier molecular flexibility index (Phi) is 4.26. The number of rotatable bonds is 5. The van der Waals surface area contributed by atoms with Gasteiger partial charge in [-0.2, -0.15) is 0 Å². The predicted molar refractivity (Wildman–Crippen MR) is 75.4 cm³/mol. The van der Waals surface area contributed by atoms with Gasteiger partial charge in [0.1, 0.15) is 0 Å². The van der Waals surface area contributed by atoms with Crippen molar-refractivity contribution in [3.8, 4) is 0 Å². The molecule has 0 amide bonds. The molecule has 18 heavy (non-hydrogen) atoms. The molecule has 1 unspecified atom stereocenters. The minimum atomic E-state index is 0.298. The molecule has 2 aromatic rings. The van der Waals surface area contributed by atoms with Crippen LogP contribution in [0.25, 0.3) is 11.0 Å². The van der Waals surface area contributed by atoms with Crippen molar-refractivity contribution in [2.75, 3.05) is 6.54 Å². The topological polar surface area (TPSA) is 37.8 Å². The van der Waals surface area contributed by atoms with E-state index in [4.69, 9.17) is 4.98 Å². The highest BCUT2D eigenvalue weighted by Gasteiger charge is 2.14. The molecule has 0 aliphatic carbocycles. The van der Waals surface area contributed by atoms with Crippen LogP contribution < -0.4 is 5.32 Å². The van der Waals surface area contributed by atoms with Crippen LogP contribution in [-0.2, 0) is 0 Å². The number of fused-ring (bicyclic) bond motifs is 1. The zero-order chi connectivity index (χ0) is 13.0. The zero-order valence-corrected chi connectivity index (χ0v) is 11.4. The van der Waals surface area contributed by atoms with E-state index in [0.717, 1.165) is 29.7 Å². The van der Waals surface area contributed by atoms with E-state index in [9.17, 15) is 0 Å². The number of aromatic nitrogens is 2. The highest BCUT2D eigenvalue weighted by Crippen LogP contribution is 2.20. The molecule has 0 spiro atoms. The molecule has 0 saturated carbocycles. The van der Waals surface area contributed by atoms with Crippen molar-refractivity contribution >= 4 is 11.0 Å². The van der Waals surface area contributed by atoms with Gasteiger partial charge in [-0.05, 0) is 31.0 Å². The molecule has 1 aromatic heterocycles. The molecular formula is C15H21N3. The van der Waals surface area contributed by atoms with E-state index in [1.807, 2.05) is 30.5 Å². The maximum atomic E-state index is 4.72. The van der Waals surface area contributed by atoms with Crippen LogP contribution in [0.5, 0.6) is 0 Å². The molecule has 0 radical (unpaired) electrons. The van der Waals surface area contributed by atoms with Gasteiger partial charge in [0.2, 0.25) is 0 Å². The number of para-hydroxylation sites is 2. The Morgan fingerprint density at radius 1 is 1.17 bits per heavy atom. The Morgan fingerprint density at radius 2 is 1.89 bits per heavy atom. The fraction of sp³-hybridized carbons (Fsp3) is 0.467. The average Bonchev–Trinajstić information content (AvgIpc) is 2.37. The lowest BCUT2D eigenvalue weighted by molar-refractivity contribution is 0.431. The monoisotopic (exact) mass is 243 g/mol. The van der Waals surface area contributed by atoms with Gasteiger partial charge in [0.15, 0.2) is 0 Å². The lowest BCUT2D eigenvalue weighted by Gasteiger charge is -2.19. The van der Waals surface area contributed by atoms with Crippen molar-refractivity contribution in [2.45, 2.75) is 33.2 Å². The van der Waals surface area contributed by atoms with Crippen LogP contribution in [0.3, 0.4) is 0 Å². The van der Waals surface area contributed by atoms with Crippen LogP contribution in [0.4, 0.5) is 0 Å². The van der Waals surface area contributed by atoms with E-state index in [1.54, 1.807) is 0 Å². The Balaban J connectivity index is 2.31. The Hall–Kier alpha value is -1.48. The summed E-state index contributed by atoms with van der Waals surface area (Å²) in [5.74, 6) is 0.641. The van der Waals surface area contributed by atoms with Crippen LogP contribution in [0.15, 0.2) is 30.5 Å². The third-order valence-electron chi connectivity index (χ3n) is 2.98. The molecule has 2 rings (SSSR count). The number of hydrogen-bond acceptors (Lipinski definition) is 3. The van der Waals surface area contributed by atoms with E-state index >= 15 is 0 Å². The van der Waals surface area contributed by atoms with Gasteiger partial charge in [0.05, 0.1) is 29.0 Å². The molecule has 1 N–H and O–H groups in total. The van der Waals surface area contributed by atoms with Crippen molar-refractivity contribution < 1.29 is 0 Å². The maximum absolute atomic E-state index is 4.72. The van der Waals surface area contributed by atoms with E-state index in [1.165, 1.54) is 0 Å². The Labute approximate surface area is 109 Å². The van der Waals surface area contributed by atoms with Crippen molar-refractivity contribution in [1.29, 1.82) is 0 Å². The second kappa shape index (κ2) is 5.91. The fourth-order valence-electron chi connectivity index (χ4n) is 2.17. The average molecular weight is 243 g/mol. The van der Waals surface area contributed by atoms with Crippen LogP contribution >= 0.6 is 0 Å². The van der Waals surface area contributed by atoms with Gasteiger partial charge in [-0.1, -0.05) is 32.9 Å². The van der Waals surface area contributed by atoms with Crippen LogP contribution in [0, 0.1) is 5.92 Å². The highest BCUT2D eigenvalue weighted by molar-refractivity contribution is 5.73. The third-order valence-corrected chi connectivity index (χ3v) is 2.98. The van der Waals surface area contributed by atoms with Gasteiger partial charge >= 0.3 is 0 Å². The van der Waals surface area contributed by atoms with Gasteiger partial charge < -0.3 is 5.32 Å². The molecule has 3 nitrogen and oxygen atoms in total. The quantitative estimate of drug-likeness (QED) is 0.875. The molecule has 1 aromatic carbocycles. The molecule has 1 atom stereocenters. The summed E-state index contributed by atoms with van der Waals surface area (Å²) >= 11 is 0. The first kappa shape index (κ1) is 13.0. The Bertz CT molecular complexity index is 508. The summed E-state index contributed by atoms with van der Waals surface area (Å²) in [6.07, 6.45) is 2.99. The number of nitrogens with one attached hydrogen (secondary N) is 1. The van der Waals surface area contributed by atoms with Crippen molar-refractivity contribution in [3.63, 3.8) is 0 Å². The summed E-state index contributed by atoms with van der Waals surface area (Å²) in [4.78, 5) is 9.21. The molecule has 0 bridgehead atoms. The van der Waals surface area contributed by atoms with E-state index in [-0.39, 0.29) is 0 Å². The summed E-state index contributed by atoms with van der Waals surface area (Å²) < 4.78 is 0. The van der Waals surface area contributed by atoms with Gasteiger partial charge in [-0.3, -0.25) is 4.98 Å². The van der Waals surface area contributed by atoms with E-state index in [0.29, 0.717) is 12.0 Å². The predicted octanol–water partition coefficient (Wildman–Crippen LogP) is 3.33. The van der Waals surface area contributed by atoms with Crippen LogP contribution in [0.1, 0.15) is 38.9 Å². The van der Waals surface area contributed by atoms with Crippen molar-refractivity contribution in [3.05, 3.63) is 36.2 Å². The lowest BCUT2D eigenvalue weighted by atomic mass is 10.0. The molecule has 1 heterocycles. The maximum Gasteiger partial charge on any atom is 0.0890 e. The molecule has 0 saturated heterocycles. The first-order valence-corrected chi connectivity index (χ1v) is 6.65. The highest BCUT2D eigenvalue weighted by atomic mass is 14.9. The first-order chi connectivity index (χ1) is 8.70. The van der Waals surface area contributed by atoms with Crippen molar-refractivity contribution in [2.24, 2.45) is 5.92 Å². The molecule has 0 fully saturated rings. The van der Waals surface area contributed by atoms with Gasteiger partial charge in [0, 0.05) is 0 Å². The summed E-state index contributed by atoms with van der Waals surface area (Å²) in [5, 5.41) is 3.49. The first-order valence-electron chi connectivity index (χ1n) is 6.65. The SMILES string of the molecule is CCNC(CC(C)C)c1cnc2ccccc2n1. The van der Waals surface area contributed by atoms with Gasteiger partial charge in [-0.15, -0.1) is 0 Å². The lowest BCUT2D eigenvalue weighted by Crippen LogP contribution is -2.23. The third kappa shape index (κ3) is 3.05. The summed E-state index contributed by atoms with van der Waals surface area (Å²) in [6.45, 7) is 7.55. The van der Waals surface area contributed by atoms with Gasteiger partial charge in [0.25, 0.3) is 0 Å². The number of hydrogen-bond donors (Lipinski definition) is 1. The fourth-order valence-corrected chi connectivity index (χ4v) is 2.17. The van der Waals surface area contributed by atoms with Gasteiger partial charge in [-0.25, -0.2) is 4.98 Å². The number of benzene rings is 1. The Morgan fingerprint density at radius 3 is 2.56 bits per heavy atom. The van der Waals surface area contributed by atoms with Crippen molar-refractivity contribution in [1.82, 2.24) is 15.3 Å². The van der Waals surface area contributed by atoms with E-state index in [2.05, 4.69) is 31.1 Å². The molecule has 0 aliphatic rings. The minimum Gasteiger partial charge on any atom is -0.309 e. The number of nitrogens with zero attached hydrogens (tertiary/aromatic N) is 2. The largest absolute Gasteiger partial charge is 0.309 e. The summed E-state index contributed by atoms with van der Waals surface area (Å²) in [5.41, 5.74) is 2.98. The smallest absolute Gasteiger partial charge is 0.0890 e. The molecule has 3 heteroatoms. The van der Waals surface area contributed by atoms with Crippen LogP contribution in [0.2, 0.25) is 0 Å². The second-order valence-electron chi connectivity index (χ2n) is 5.02. The normalized spacial score (nSPS) is 13.1. The molecular weight excluding hydrogens is 222 g/mol. The van der Waals surface area contributed by atoms with Crippen LogP contribution in [-0.4, -0.2) is 16.5 Å².